The Hall–Kier alpha value is -2.02. The van der Waals surface area contributed by atoms with Crippen molar-refractivity contribution in [3.05, 3.63) is 23.5 Å². The van der Waals surface area contributed by atoms with Gasteiger partial charge in [0.2, 0.25) is 5.91 Å². The summed E-state index contributed by atoms with van der Waals surface area (Å²) in [5, 5.41) is 2.57. The average Bonchev–Trinajstić information content (AvgIpc) is 2.14. The molecule has 4 heteroatoms. The van der Waals surface area contributed by atoms with Crippen LogP contribution in [0.3, 0.4) is 0 Å². The molecule has 78 valence electrons. The van der Waals surface area contributed by atoms with Crippen LogP contribution >= 0.6 is 0 Å². The molecule has 0 radical (unpaired) electrons. The Kier molecular flexibility index (Phi) is 3.69. The van der Waals surface area contributed by atoms with Gasteiger partial charge in [-0.3, -0.25) is 4.79 Å². The van der Waals surface area contributed by atoms with E-state index in [0.29, 0.717) is 17.9 Å². The number of anilines is 1. The molecule has 0 aliphatic carbocycles. The average molecular weight is 203 g/mol. The number of carbonyl (C=O) groups excluding carboxylic acids is 1. The van der Waals surface area contributed by atoms with Crippen molar-refractivity contribution in [2.75, 3.05) is 12.3 Å². The molecule has 4 nitrogen and oxygen atoms in total. The maximum absolute atomic E-state index is 10.5. The van der Waals surface area contributed by atoms with Crippen LogP contribution in [0.15, 0.2) is 12.3 Å². The number of pyridine rings is 1. The first-order chi connectivity index (χ1) is 7.09. The first kappa shape index (κ1) is 11.1. The second kappa shape index (κ2) is 5.01. The molecule has 1 aromatic rings. The number of aromatic nitrogens is 1. The van der Waals surface area contributed by atoms with Crippen LogP contribution < -0.4 is 11.1 Å². The van der Waals surface area contributed by atoms with Crippen molar-refractivity contribution in [1.82, 2.24) is 10.3 Å². The number of aryl methyl sites for hydroxylation is 1. The third-order valence-electron chi connectivity index (χ3n) is 1.69. The topological polar surface area (TPSA) is 68.0 Å². The third-order valence-corrected chi connectivity index (χ3v) is 1.69. The smallest absolute Gasteiger partial charge is 0.217 e. The standard InChI is InChI=1S/C11H13N3O/c1-8-6-10(12)11(14-7-8)4-3-5-13-9(2)15/h6-7H,5,12H2,1-2H3,(H,13,15). The van der Waals surface area contributed by atoms with Crippen LogP contribution in [0.1, 0.15) is 18.2 Å². The zero-order valence-electron chi connectivity index (χ0n) is 8.79. The van der Waals surface area contributed by atoms with Gasteiger partial charge in [0.15, 0.2) is 0 Å². The van der Waals surface area contributed by atoms with Gasteiger partial charge in [0.1, 0.15) is 5.69 Å². The molecule has 1 aromatic heterocycles. The Labute approximate surface area is 88.9 Å². The van der Waals surface area contributed by atoms with Gasteiger partial charge in [-0.1, -0.05) is 5.92 Å². The number of carbonyl (C=O) groups is 1. The highest BCUT2D eigenvalue weighted by atomic mass is 16.1. The molecular formula is C11H13N3O. The molecule has 1 heterocycles. The monoisotopic (exact) mass is 203 g/mol. The van der Waals surface area contributed by atoms with E-state index in [1.807, 2.05) is 13.0 Å². The van der Waals surface area contributed by atoms with Crippen molar-refractivity contribution in [3.63, 3.8) is 0 Å². The SMILES string of the molecule is CC(=O)NCC#Cc1ncc(C)cc1N. The van der Waals surface area contributed by atoms with Gasteiger partial charge in [0.05, 0.1) is 12.2 Å². The van der Waals surface area contributed by atoms with Crippen molar-refractivity contribution in [2.45, 2.75) is 13.8 Å². The summed E-state index contributed by atoms with van der Waals surface area (Å²) in [6, 6.07) is 1.81. The van der Waals surface area contributed by atoms with Crippen LogP contribution in [0, 0.1) is 18.8 Å². The number of hydrogen-bond acceptors (Lipinski definition) is 3. The molecule has 0 saturated heterocycles. The molecule has 1 amide bonds. The van der Waals surface area contributed by atoms with E-state index in [1.54, 1.807) is 6.20 Å². The number of amides is 1. The number of hydrogen-bond donors (Lipinski definition) is 2. The molecule has 1 rings (SSSR count). The van der Waals surface area contributed by atoms with Gasteiger partial charge >= 0.3 is 0 Å². The Morgan fingerprint density at radius 2 is 2.40 bits per heavy atom. The first-order valence-corrected chi connectivity index (χ1v) is 4.55. The van der Waals surface area contributed by atoms with Crippen LogP contribution in [0.4, 0.5) is 5.69 Å². The number of nitrogen functional groups attached to an aromatic ring is 1. The molecule has 0 aliphatic heterocycles. The molecule has 0 unspecified atom stereocenters. The number of nitrogens with two attached hydrogens (primary N) is 1. The lowest BCUT2D eigenvalue weighted by atomic mass is 10.2. The van der Waals surface area contributed by atoms with Gasteiger partial charge in [-0.05, 0) is 24.5 Å². The second-order valence-electron chi connectivity index (χ2n) is 3.16. The van der Waals surface area contributed by atoms with Gasteiger partial charge in [-0.25, -0.2) is 4.98 Å². The van der Waals surface area contributed by atoms with Crippen molar-refractivity contribution in [2.24, 2.45) is 0 Å². The molecule has 15 heavy (non-hydrogen) atoms. The Balaban J connectivity index is 2.67. The van der Waals surface area contributed by atoms with Gasteiger partial charge in [0, 0.05) is 13.1 Å². The normalized spacial score (nSPS) is 8.93. The summed E-state index contributed by atoms with van der Waals surface area (Å²) >= 11 is 0. The molecule has 0 saturated carbocycles. The van der Waals surface area contributed by atoms with E-state index in [9.17, 15) is 4.79 Å². The molecule has 0 fully saturated rings. The minimum absolute atomic E-state index is 0.103. The van der Waals surface area contributed by atoms with E-state index >= 15 is 0 Å². The summed E-state index contributed by atoms with van der Waals surface area (Å²) < 4.78 is 0. The van der Waals surface area contributed by atoms with Crippen molar-refractivity contribution in [3.8, 4) is 11.8 Å². The van der Waals surface area contributed by atoms with E-state index in [-0.39, 0.29) is 5.91 Å². The zero-order chi connectivity index (χ0) is 11.3. The van der Waals surface area contributed by atoms with E-state index < -0.39 is 0 Å². The summed E-state index contributed by atoms with van der Waals surface area (Å²) in [4.78, 5) is 14.6. The maximum atomic E-state index is 10.5. The fraction of sp³-hybridized carbons (Fsp3) is 0.273. The molecule has 0 aromatic carbocycles. The van der Waals surface area contributed by atoms with Crippen LogP contribution in [-0.2, 0) is 4.79 Å². The number of nitrogens with one attached hydrogen (secondary N) is 1. The van der Waals surface area contributed by atoms with Crippen LogP contribution in [0.25, 0.3) is 0 Å². The lowest BCUT2D eigenvalue weighted by molar-refractivity contribution is -0.118. The number of rotatable bonds is 1. The fourth-order valence-electron chi connectivity index (χ4n) is 0.993. The van der Waals surface area contributed by atoms with E-state index in [1.165, 1.54) is 6.92 Å². The van der Waals surface area contributed by atoms with Crippen molar-refractivity contribution >= 4 is 11.6 Å². The van der Waals surface area contributed by atoms with Gasteiger partial charge in [-0.15, -0.1) is 0 Å². The highest BCUT2D eigenvalue weighted by molar-refractivity contribution is 5.73. The molecular weight excluding hydrogens is 190 g/mol. The van der Waals surface area contributed by atoms with Crippen molar-refractivity contribution in [1.29, 1.82) is 0 Å². The summed E-state index contributed by atoms with van der Waals surface area (Å²) in [7, 11) is 0. The molecule has 0 atom stereocenters. The second-order valence-corrected chi connectivity index (χ2v) is 3.16. The highest BCUT2D eigenvalue weighted by Crippen LogP contribution is 2.08. The zero-order valence-corrected chi connectivity index (χ0v) is 8.79. The fourth-order valence-corrected chi connectivity index (χ4v) is 0.993. The predicted molar refractivity (Wildman–Crippen MR) is 58.9 cm³/mol. The largest absolute Gasteiger partial charge is 0.396 e. The lowest BCUT2D eigenvalue weighted by Crippen LogP contribution is -2.19. The minimum atomic E-state index is -0.103. The van der Waals surface area contributed by atoms with E-state index in [0.717, 1.165) is 5.56 Å². The number of nitrogens with zero attached hydrogens (tertiary/aromatic N) is 1. The minimum Gasteiger partial charge on any atom is -0.396 e. The van der Waals surface area contributed by atoms with Crippen molar-refractivity contribution < 1.29 is 4.79 Å². The molecule has 0 aliphatic rings. The van der Waals surface area contributed by atoms with Gasteiger partial charge in [0.25, 0.3) is 0 Å². The summed E-state index contributed by atoms with van der Waals surface area (Å²) in [6.07, 6.45) is 1.71. The molecule has 3 N–H and O–H groups in total. The predicted octanol–water partition coefficient (Wildman–Crippen LogP) is 0.460. The Morgan fingerprint density at radius 1 is 1.67 bits per heavy atom. The highest BCUT2D eigenvalue weighted by Gasteiger charge is 1.95. The Morgan fingerprint density at radius 3 is 3.00 bits per heavy atom. The van der Waals surface area contributed by atoms with Gasteiger partial charge < -0.3 is 11.1 Å². The summed E-state index contributed by atoms with van der Waals surface area (Å²) in [6.45, 7) is 3.67. The first-order valence-electron chi connectivity index (χ1n) is 4.55. The summed E-state index contributed by atoms with van der Waals surface area (Å²) in [5.74, 6) is 5.46. The quantitative estimate of drug-likeness (QED) is 0.651. The van der Waals surface area contributed by atoms with E-state index in [4.69, 9.17) is 5.73 Å². The van der Waals surface area contributed by atoms with E-state index in [2.05, 4.69) is 22.1 Å². The van der Waals surface area contributed by atoms with Crippen LogP contribution in [0.5, 0.6) is 0 Å². The third kappa shape index (κ3) is 3.69. The molecule has 0 bridgehead atoms. The van der Waals surface area contributed by atoms with Gasteiger partial charge in [-0.2, -0.15) is 0 Å². The lowest BCUT2D eigenvalue weighted by Gasteiger charge is -1.98. The Bertz CT molecular complexity index is 429. The van der Waals surface area contributed by atoms with Crippen LogP contribution in [-0.4, -0.2) is 17.4 Å². The maximum Gasteiger partial charge on any atom is 0.217 e. The van der Waals surface area contributed by atoms with Crippen LogP contribution in [0.2, 0.25) is 0 Å². The summed E-state index contributed by atoms with van der Waals surface area (Å²) in [5.41, 5.74) is 7.82. The molecule has 0 spiro atoms.